The lowest BCUT2D eigenvalue weighted by atomic mass is 10.2. The molecule has 4 heteroatoms. The minimum absolute atomic E-state index is 0.651. The van der Waals surface area contributed by atoms with Gasteiger partial charge in [-0.2, -0.15) is 5.26 Å². The van der Waals surface area contributed by atoms with Gasteiger partial charge in [0, 0.05) is 6.21 Å². The highest BCUT2D eigenvalue weighted by molar-refractivity contribution is 7.22. The average Bonchev–Trinajstić information content (AvgIpc) is 2.87. The van der Waals surface area contributed by atoms with Crippen LogP contribution in [0.1, 0.15) is 16.7 Å². The summed E-state index contributed by atoms with van der Waals surface area (Å²) < 4.78 is 1.14. The summed E-state index contributed by atoms with van der Waals surface area (Å²) in [6.45, 7) is 2.05. The molecule has 0 atom stereocenters. The highest BCUT2D eigenvalue weighted by Crippen LogP contribution is 2.28. The van der Waals surface area contributed by atoms with E-state index >= 15 is 0 Å². The first-order valence-corrected chi connectivity index (χ1v) is 6.98. The molecule has 0 saturated carbocycles. The van der Waals surface area contributed by atoms with Crippen LogP contribution in [0, 0.1) is 18.3 Å². The lowest BCUT2D eigenvalue weighted by Gasteiger charge is -1.91. The molecule has 3 nitrogen and oxygen atoms in total. The van der Waals surface area contributed by atoms with Crippen LogP contribution in [-0.2, 0) is 0 Å². The molecule has 0 radical (unpaired) electrons. The summed E-state index contributed by atoms with van der Waals surface area (Å²) in [5, 5.41) is 9.49. The first-order valence-electron chi connectivity index (χ1n) is 6.16. The number of aliphatic imine (C=N–C) groups is 1. The molecule has 2 aromatic carbocycles. The summed E-state index contributed by atoms with van der Waals surface area (Å²) in [6, 6.07) is 15.6. The van der Waals surface area contributed by atoms with Gasteiger partial charge >= 0.3 is 0 Å². The van der Waals surface area contributed by atoms with Gasteiger partial charge in [-0.15, -0.1) is 0 Å². The van der Waals surface area contributed by atoms with E-state index in [1.165, 1.54) is 5.56 Å². The summed E-state index contributed by atoms with van der Waals surface area (Å²) in [5.74, 6) is 0. The number of hydrogen-bond donors (Lipinski definition) is 0. The molecular formula is C16H11N3S. The number of thiazole rings is 1. The van der Waals surface area contributed by atoms with Gasteiger partial charge in [-0.3, -0.25) is 0 Å². The van der Waals surface area contributed by atoms with Gasteiger partial charge in [-0.05, 0) is 42.3 Å². The van der Waals surface area contributed by atoms with Gasteiger partial charge in [0.05, 0.1) is 21.8 Å². The van der Waals surface area contributed by atoms with E-state index in [9.17, 15) is 0 Å². The molecular weight excluding hydrogens is 266 g/mol. The fourth-order valence-corrected chi connectivity index (χ4v) is 2.65. The van der Waals surface area contributed by atoms with E-state index in [-0.39, 0.29) is 0 Å². The van der Waals surface area contributed by atoms with Crippen molar-refractivity contribution in [3.8, 4) is 6.07 Å². The Balaban J connectivity index is 1.88. The van der Waals surface area contributed by atoms with Crippen molar-refractivity contribution in [3.05, 3.63) is 59.2 Å². The Labute approximate surface area is 120 Å². The van der Waals surface area contributed by atoms with E-state index in [0.29, 0.717) is 5.56 Å². The predicted molar refractivity (Wildman–Crippen MR) is 82.8 cm³/mol. The molecule has 0 amide bonds. The van der Waals surface area contributed by atoms with Crippen molar-refractivity contribution in [2.24, 2.45) is 4.99 Å². The van der Waals surface area contributed by atoms with Crippen LogP contribution in [0.5, 0.6) is 0 Å². The first kappa shape index (κ1) is 12.5. The third-order valence-electron chi connectivity index (χ3n) is 2.90. The van der Waals surface area contributed by atoms with Gasteiger partial charge in [0.2, 0.25) is 5.13 Å². The van der Waals surface area contributed by atoms with E-state index in [1.807, 2.05) is 12.1 Å². The molecule has 3 aromatic rings. The molecule has 20 heavy (non-hydrogen) atoms. The van der Waals surface area contributed by atoms with Gasteiger partial charge in [0.25, 0.3) is 0 Å². The summed E-state index contributed by atoms with van der Waals surface area (Å²) in [7, 11) is 0. The molecule has 0 bridgehead atoms. The van der Waals surface area contributed by atoms with Gasteiger partial charge < -0.3 is 0 Å². The highest BCUT2D eigenvalue weighted by Gasteiger charge is 2.01. The molecule has 0 fully saturated rings. The van der Waals surface area contributed by atoms with Crippen molar-refractivity contribution < 1.29 is 0 Å². The summed E-state index contributed by atoms with van der Waals surface area (Å²) >= 11 is 1.57. The molecule has 0 aliphatic heterocycles. The van der Waals surface area contributed by atoms with E-state index in [1.54, 1.807) is 29.7 Å². The zero-order valence-electron chi connectivity index (χ0n) is 10.9. The maximum absolute atomic E-state index is 8.75. The minimum atomic E-state index is 0.651. The zero-order valence-corrected chi connectivity index (χ0v) is 11.7. The van der Waals surface area contributed by atoms with Gasteiger partial charge in [0.1, 0.15) is 0 Å². The van der Waals surface area contributed by atoms with Crippen LogP contribution in [0.2, 0.25) is 0 Å². The second-order valence-corrected chi connectivity index (χ2v) is 5.47. The van der Waals surface area contributed by atoms with Crippen LogP contribution in [0.25, 0.3) is 10.2 Å². The molecule has 96 valence electrons. The molecule has 0 aliphatic carbocycles. The maximum Gasteiger partial charge on any atom is 0.210 e. The van der Waals surface area contributed by atoms with Gasteiger partial charge in [-0.1, -0.05) is 29.5 Å². The van der Waals surface area contributed by atoms with Crippen LogP contribution < -0.4 is 0 Å². The highest BCUT2D eigenvalue weighted by atomic mass is 32.1. The summed E-state index contributed by atoms with van der Waals surface area (Å²) in [6.07, 6.45) is 1.77. The van der Waals surface area contributed by atoms with E-state index < -0.39 is 0 Å². The normalized spacial score (nSPS) is 11.0. The molecule has 1 aromatic heterocycles. The lowest BCUT2D eigenvalue weighted by Crippen LogP contribution is -1.80. The van der Waals surface area contributed by atoms with Crippen LogP contribution in [0.4, 0.5) is 5.13 Å². The average molecular weight is 277 g/mol. The molecule has 0 saturated heterocycles. The van der Waals surface area contributed by atoms with Crippen LogP contribution in [0.15, 0.2) is 47.5 Å². The third kappa shape index (κ3) is 2.58. The number of fused-ring (bicyclic) bond motifs is 1. The minimum Gasteiger partial charge on any atom is -0.227 e. The number of rotatable bonds is 2. The second kappa shape index (κ2) is 5.24. The Kier molecular flexibility index (Phi) is 3.28. The van der Waals surface area contributed by atoms with E-state index in [2.05, 4.69) is 41.2 Å². The van der Waals surface area contributed by atoms with E-state index in [0.717, 1.165) is 20.9 Å². The number of aryl methyl sites for hydroxylation is 1. The predicted octanol–water partition coefficient (Wildman–Crippen LogP) is 4.23. The number of hydrogen-bond acceptors (Lipinski definition) is 4. The molecule has 0 N–H and O–H groups in total. The maximum atomic E-state index is 8.75. The molecule has 1 heterocycles. The summed E-state index contributed by atoms with van der Waals surface area (Å²) in [4.78, 5) is 8.89. The monoisotopic (exact) mass is 277 g/mol. The lowest BCUT2D eigenvalue weighted by molar-refractivity contribution is 1.40. The van der Waals surface area contributed by atoms with Crippen molar-refractivity contribution in [1.29, 1.82) is 5.26 Å². The standard InChI is InChI=1S/C16H11N3S/c1-11-2-7-15-14(8-11)19-16(20-15)18-10-13-5-3-12(9-17)4-6-13/h2-8,10H,1H3/b18-10+. The number of aromatic nitrogens is 1. The fraction of sp³-hybridized carbons (Fsp3) is 0.0625. The van der Waals surface area contributed by atoms with Crippen molar-refractivity contribution in [2.45, 2.75) is 6.92 Å². The second-order valence-electron chi connectivity index (χ2n) is 4.46. The first-order chi connectivity index (χ1) is 9.74. The zero-order chi connectivity index (χ0) is 13.9. The molecule has 0 spiro atoms. The molecule has 3 rings (SSSR count). The quantitative estimate of drug-likeness (QED) is 0.658. The Hall–Kier alpha value is -2.51. The van der Waals surface area contributed by atoms with Crippen molar-refractivity contribution in [2.75, 3.05) is 0 Å². The SMILES string of the molecule is Cc1ccc2sc(/N=C/c3ccc(C#N)cc3)nc2c1. The number of nitriles is 1. The third-order valence-corrected chi connectivity index (χ3v) is 3.84. The fourth-order valence-electron chi connectivity index (χ4n) is 1.85. The largest absolute Gasteiger partial charge is 0.227 e. The Bertz CT molecular complexity index is 823. The van der Waals surface area contributed by atoms with Crippen molar-refractivity contribution in [1.82, 2.24) is 4.98 Å². The van der Waals surface area contributed by atoms with Gasteiger partial charge in [-0.25, -0.2) is 9.98 Å². The molecule has 0 aliphatic rings. The van der Waals surface area contributed by atoms with Crippen LogP contribution >= 0.6 is 11.3 Å². The smallest absolute Gasteiger partial charge is 0.210 e. The van der Waals surface area contributed by atoms with Crippen molar-refractivity contribution in [3.63, 3.8) is 0 Å². The number of nitrogens with zero attached hydrogens (tertiary/aromatic N) is 3. The Morgan fingerprint density at radius 3 is 2.75 bits per heavy atom. The van der Waals surface area contributed by atoms with Crippen LogP contribution in [-0.4, -0.2) is 11.2 Å². The van der Waals surface area contributed by atoms with Crippen LogP contribution in [0.3, 0.4) is 0 Å². The Morgan fingerprint density at radius 2 is 2.00 bits per heavy atom. The van der Waals surface area contributed by atoms with E-state index in [4.69, 9.17) is 5.26 Å². The summed E-state index contributed by atoms with van der Waals surface area (Å²) in [5.41, 5.74) is 3.80. The van der Waals surface area contributed by atoms with Crippen molar-refractivity contribution >= 4 is 32.9 Å². The Morgan fingerprint density at radius 1 is 1.20 bits per heavy atom. The van der Waals surface area contributed by atoms with Gasteiger partial charge in [0.15, 0.2) is 0 Å². The topological polar surface area (TPSA) is 49.0 Å². The number of benzene rings is 2. The molecule has 0 unspecified atom stereocenters.